The molecule has 0 spiro atoms. The standard InChI is InChI=1S/C50H33NS/c1-2-11-36(12-3-1)45-16-6-8-19-48(45)51(42-29-25-37(26-30-42)44-18-10-14-35-13-4-5-15-43(35)44)41-27-23-34(24-28-41)38-21-22-39-33-50-47(32-40(39)31-38)46-17-7-9-20-49(46)52-50/h1-33H. The van der Waals surface area contributed by atoms with Crippen molar-refractivity contribution in [3.8, 4) is 33.4 Å². The van der Waals surface area contributed by atoms with E-state index in [2.05, 4.69) is 205 Å². The predicted molar refractivity (Wildman–Crippen MR) is 225 cm³/mol. The van der Waals surface area contributed by atoms with Crippen LogP contribution in [0.5, 0.6) is 0 Å². The van der Waals surface area contributed by atoms with Gasteiger partial charge in [0.15, 0.2) is 0 Å². The van der Waals surface area contributed by atoms with Gasteiger partial charge in [0.1, 0.15) is 0 Å². The van der Waals surface area contributed by atoms with Gasteiger partial charge in [0.05, 0.1) is 5.69 Å². The summed E-state index contributed by atoms with van der Waals surface area (Å²) in [6, 6.07) is 72.9. The molecule has 1 aromatic heterocycles. The lowest BCUT2D eigenvalue weighted by Gasteiger charge is -2.28. The van der Waals surface area contributed by atoms with Gasteiger partial charge in [-0.3, -0.25) is 0 Å². The summed E-state index contributed by atoms with van der Waals surface area (Å²) in [4.78, 5) is 2.39. The first-order valence-corrected chi connectivity index (χ1v) is 18.6. The van der Waals surface area contributed by atoms with Gasteiger partial charge in [-0.05, 0) is 104 Å². The molecule has 9 aromatic carbocycles. The highest BCUT2D eigenvalue weighted by molar-refractivity contribution is 7.25. The van der Waals surface area contributed by atoms with Gasteiger partial charge in [-0.15, -0.1) is 11.3 Å². The number of rotatable bonds is 6. The number of fused-ring (bicyclic) bond motifs is 5. The molecule has 0 amide bonds. The Morgan fingerprint density at radius 3 is 1.75 bits per heavy atom. The molecule has 1 heterocycles. The van der Waals surface area contributed by atoms with Gasteiger partial charge in [0.2, 0.25) is 0 Å². The van der Waals surface area contributed by atoms with Crippen LogP contribution in [0.25, 0.3) is 75.1 Å². The van der Waals surface area contributed by atoms with Crippen molar-refractivity contribution in [2.45, 2.75) is 0 Å². The lowest BCUT2D eigenvalue weighted by molar-refractivity contribution is 1.28. The maximum Gasteiger partial charge on any atom is 0.0540 e. The molecule has 0 N–H and O–H groups in total. The molecule has 0 radical (unpaired) electrons. The van der Waals surface area contributed by atoms with Crippen LogP contribution in [-0.4, -0.2) is 0 Å². The molecule has 0 bridgehead atoms. The lowest BCUT2D eigenvalue weighted by Crippen LogP contribution is -2.11. The van der Waals surface area contributed by atoms with E-state index in [0.717, 1.165) is 17.1 Å². The first-order chi connectivity index (χ1) is 25.8. The zero-order valence-corrected chi connectivity index (χ0v) is 29.2. The van der Waals surface area contributed by atoms with Crippen LogP contribution < -0.4 is 4.90 Å². The number of anilines is 3. The van der Waals surface area contributed by atoms with Crippen LogP contribution in [0.15, 0.2) is 200 Å². The molecule has 244 valence electrons. The molecule has 0 saturated heterocycles. The van der Waals surface area contributed by atoms with E-state index in [4.69, 9.17) is 0 Å². The highest BCUT2D eigenvalue weighted by Crippen LogP contribution is 2.43. The van der Waals surface area contributed by atoms with E-state index in [9.17, 15) is 0 Å². The van der Waals surface area contributed by atoms with E-state index in [1.54, 1.807) is 0 Å². The van der Waals surface area contributed by atoms with Crippen molar-refractivity contribution < 1.29 is 0 Å². The number of para-hydroxylation sites is 1. The normalized spacial score (nSPS) is 11.5. The minimum atomic E-state index is 1.11. The lowest BCUT2D eigenvalue weighted by atomic mass is 9.97. The molecular weight excluding hydrogens is 647 g/mol. The molecule has 0 aliphatic heterocycles. The van der Waals surface area contributed by atoms with Gasteiger partial charge < -0.3 is 4.90 Å². The number of hydrogen-bond acceptors (Lipinski definition) is 2. The van der Waals surface area contributed by atoms with Crippen LogP contribution in [0.4, 0.5) is 17.1 Å². The average molecular weight is 680 g/mol. The fraction of sp³-hybridized carbons (Fsp3) is 0. The third-order valence-electron chi connectivity index (χ3n) is 10.3. The highest BCUT2D eigenvalue weighted by atomic mass is 32.1. The molecule has 0 unspecified atom stereocenters. The molecule has 10 rings (SSSR count). The molecule has 52 heavy (non-hydrogen) atoms. The second-order valence-corrected chi connectivity index (χ2v) is 14.4. The van der Waals surface area contributed by atoms with Gasteiger partial charge >= 0.3 is 0 Å². The number of thiophene rings is 1. The summed E-state index contributed by atoms with van der Waals surface area (Å²) >= 11 is 1.87. The van der Waals surface area contributed by atoms with E-state index in [1.807, 2.05) is 11.3 Å². The van der Waals surface area contributed by atoms with E-state index in [1.165, 1.54) is 75.1 Å². The summed E-state index contributed by atoms with van der Waals surface area (Å²) in [5.41, 5.74) is 10.6. The van der Waals surface area contributed by atoms with Crippen molar-refractivity contribution in [2.75, 3.05) is 4.90 Å². The van der Waals surface area contributed by atoms with Gasteiger partial charge in [-0.2, -0.15) is 0 Å². The van der Waals surface area contributed by atoms with E-state index >= 15 is 0 Å². The van der Waals surface area contributed by atoms with Crippen molar-refractivity contribution >= 4 is 70.1 Å². The van der Waals surface area contributed by atoms with E-state index in [0.29, 0.717) is 0 Å². The summed E-state index contributed by atoms with van der Waals surface area (Å²) < 4.78 is 2.68. The fourth-order valence-electron chi connectivity index (χ4n) is 7.68. The second-order valence-electron chi connectivity index (χ2n) is 13.3. The Labute approximate surface area is 307 Å². The van der Waals surface area contributed by atoms with E-state index < -0.39 is 0 Å². The first-order valence-electron chi connectivity index (χ1n) is 17.8. The van der Waals surface area contributed by atoms with Crippen LogP contribution >= 0.6 is 11.3 Å². The SMILES string of the molecule is c1ccc(-c2ccccc2N(c2ccc(-c3ccc4cc5sc6ccccc6c5cc4c3)cc2)c2ccc(-c3cccc4ccccc34)cc2)cc1. The molecule has 0 atom stereocenters. The Kier molecular flexibility index (Phi) is 7.41. The fourth-order valence-corrected chi connectivity index (χ4v) is 8.81. The molecule has 0 aliphatic carbocycles. The summed E-state index contributed by atoms with van der Waals surface area (Å²) in [6.07, 6.45) is 0. The number of nitrogens with zero attached hydrogens (tertiary/aromatic N) is 1. The summed E-state index contributed by atoms with van der Waals surface area (Å²) in [5.74, 6) is 0. The summed E-state index contributed by atoms with van der Waals surface area (Å²) in [5, 5.41) is 7.72. The van der Waals surface area contributed by atoms with Crippen molar-refractivity contribution in [3.05, 3.63) is 200 Å². The Hall–Kier alpha value is -6.48. The minimum absolute atomic E-state index is 1.11. The topological polar surface area (TPSA) is 3.24 Å². The molecule has 10 aromatic rings. The second kappa shape index (κ2) is 12.7. The molecule has 2 heteroatoms. The quantitative estimate of drug-likeness (QED) is 0.169. The molecule has 0 fully saturated rings. The van der Waals surface area contributed by atoms with E-state index in [-0.39, 0.29) is 0 Å². The van der Waals surface area contributed by atoms with Crippen LogP contribution in [0, 0.1) is 0 Å². The van der Waals surface area contributed by atoms with Gasteiger partial charge in [-0.1, -0.05) is 146 Å². The van der Waals surface area contributed by atoms with Gasteiger partial charge in [0.25, 0.3) is 0 Å². The van der Waals surface area contributed by atoms with Crippen molar-refractivity contribution in [2.24, 2.45) is 0 Å². The van der Waals surface area contributed by atoms with Crippen LogP contribution in [0.1, 0.15) is 0 Å². The third kappa shape index (κ3) is 5.33. The Balaban J connectivity index is 1.06. The Morgan fingerprint density at radius 2 is 0.923 bits per heavy atom. The molecular formula is C50H33NS. The number of benzene rings is 9. The summed E-state index contributed by atoms with van der Waals surface area (Å²) in [6.45, 7) is 0. The van der Waals surface area contributed by atoms with Crippen LogP contribution in [0.2, 0.25) is 0 Å². The third-order valence-corrected chi connectivity index (χ3v) is 11.4. The average Bonchev–Trinajstić information content (AvgIpc) is 3.58. The highest BCUT2D eigenvalue weighted by Gasteiger charge is 2.18. The maximum atomic E-state index is 2.39. The minimum Gasteiger partial charge on any atom is -0.310 e. The number of hydrogen-bond donors (Lipinski definition) is 0. The van der Waals surface area contributed by atoms with Crippen LogP contribution in [0.3, 0.4) is 0 Å². The smallest absolute Gasteiger partial charge is 0.0540 e. The van der Waals surface area contributed by atoms with Crippen molar-refractivity contribution in [3.63, 3.8) is 0 Å². The molecule has 1 nitrogen and oxygen atoms in total. The van der Waals surface area contributed by atoms with Crippen molar-refractivity contribution in [1.29, 1.82) is 0 Å². The Bertz CT molecular complexity index is 2880. The summed E-state index contributed by atoms with van der Waals surface area (Å²) in [7, 11) is 0. The molecule has 0 saturated carbocycles. The predicted octanol–water partition coefficient (Wildman–Crippen LogP) is 14.8. The zero-order valence-electron chi connectivity index (χ0n) is 28.4. The molecule has 0 aliphatic rings. The van der Waals surface area contributed by atoms with Gasteiger partial charge in [-0.25, -0.2) is 0 Å². The maximum absolute atomic E-state index is 2.39. The zero-order chi connectivity index (χ0) is 34.4. The largest absolute Gasteiger partial charge is 0.310 e. The van der Waals surface area contributed by atoms with Crippen molar-refractivity contribution in [1.82, 2.24) is 0 Å². The van der Waals surface area contributed by atoms with Gasteiger partial charge in [0, 0.05) is 37.1 Å². The first kappa shape index (κ1) is 30.4. The Morgan fingerprint density at radius 1 is 0.308 bits per heavy atom. The monoisotopic (exact) mass is 679 g/mol. The van der Waals surface area contributed by atoms with Crippen LogP contribution in [-0.2, 0) is 0 Å².